The minimum absolute atomic E-state index is 0.0384. The lowest BCUT2D eigenvalue weighted by molar-refractivity contribution is -0.242. The summed E-state index contributed by atoms with van der Waals surface area (Å²) in [6.07, 6.45) is -7.07. The molecule has 202 valence electrons. The first kappa shape index (κ1) is 28.0. The lowest BCUT2D eigenvalue weighted by Gasteiger charge is -2.38. The molecular formula is C23H25F4N3O6S. The van der Waals surface area contributed by atoms with E-state index >= 15 is 0 Å². The normalized spacial score (nSPS) is 16.8. The van der Waals surface area contributed by atoms with Crippen LogP contribution in [0.15, 0.2) is 47.4 Å². The Bertz CT molecular complexity index is 1280. The predicted octanol–water partition coefficient (Wildman–Crippen LogP) is 4.20. The third-order valence-electron chi connectivity index (χ3n) is 5.52. The zero-order valence-corrected chi connectivity index (χ0v) is 21.0. The molecule has 37 heavy (non-hydrogen) atoms. The number of benzene rings is 2. The van der Waals surface area contributed by atoms with Crippen molar-refractivity contribution in [3.05, 3.63) is 48.3 Å². The van der Waals surface area contributed by atoms with Crippen LogP contribution in [0.1, 0.15) is 27.7 Å². The molecule has 0 spiro atoms. The maximum atomic E-state index is 13.5. The third kappa shape index (κ3) is 6.24. The van der Waals surface area contributed by atoms with Gasteiger partial charge in [0.15, 0.2) is 0 Å². The Morgan fingerprint density at radius 2 is 1.76 bits per heavy atom. The molecule has 1 heterocycles. The van der Waals surface area contributed by atoms with Crippen molar-refractivity contribution in [2.24, 2.45) is 0 Å². The molecule has 2 amide bonds. The number of carbonyl (C=O) groups is 2. The Hall–Kier alpha value is -3.55. The van der Waals surface area contributed by atoms with Crippen molar-refractivity contribution in [2.45, 2.75) is 56.5 Å². The molecule has 3 rings (SSSR count). The third-order valence-corrected chi connectivity index (χ3v) is 7.31. The van der Waals surface area contributed by atoms with Crippen LogP contribution in [0.4, 0.5) is 33.7 Å². The minimum atomic E-state index is -4.83. The van der Waals surface area contributed by atoms with Crippen LogP contribution in [0.2, 0.25) is 0 Å². The number of nitrogens with zero attached hydrogens (tertiary/aromatic N) is 1. The smallest absolute Gasteiger partial charge is 0.427 e. The van der Waals surface area contributed by atoms with Gasteiger partial charge >= 0.3 is 12.3 Å². The van der Waals surface area contributed by atoms with Crippen LogP contribution in [-0.2, 0) is 19.6 Å². The first-order valence-electron chi connectivity index (χ1n) is 10.9. The van der Waals surface area contributed by atoms with Crippen molar-refractivity contribution < 1.29 is 45.0 Å². The molecule has 2 aromatic rings. The highest BCUT2D eigenvalue weighted by Gasteiger charge is 2.51. The van der Waals surface area contributed by atoms with Crippen molar-refractivity contribution in [3.63, 3.8) is 0 Å². The summed E-state index contributed by atoms with van der Waals surface area (Å²) in [7, 11) is -4.30. The maximum absolute atomic E-state index is 13.5. The van der Waals surface area contributed by atoms with Gasteiger partial charge in [-0.25, -0.2) is 17.6 Å². The number of hydrogen-bond donors (Lipinski definition) is 2. The number of hydrogen-bond acceptors (Lipinski definition) is 6. The van der Waals surface area contributed by atoms with Gasteiger partial charge in [-0.2, -0.15) is 13.2 Å². The Morgan fingerprint density at radius 3 is 2.32 bits per heavy atom. The van der Waals surface area contributed by atoms with E-state index in [0.29, 0.717) is 13.8 Å². The Morgan fingerprint density at radius 1 is 1.14 bits per heavy atom. The van der Waals surface area contributed by atoms with Gasteiger partial charge in [-0.15, -0.1) is 0 Å². The Balaban J connectivity index is 1.98. The highest BCUT2D eigenvalue weighted by molar-refractivity contribution is 7.92. The molecule has 2 aromatic carbocycles. The summed E-state index contributed by atoms with van der Waals surface area (Å²) in [6, 6.07) is 7.28. The van der Waals surface area contributed by atoms with E-state index in [-0.39, 0.29) is 34.5 Å². The van der Waals surface area contributed by atoms with E-state index < -0.39 is 45.9 Å². The van der Waals surface area contributed by atoms with Gasteiger partial charge in [-0.05, 0) is 63.2 Å². The van der Waals surface area contributed by atoms with Gasteiger partial charge in [-0.1, -0.05) is 0 Å². The van der Waals surface area contributed by atoms with E-state index in [1.807, 2.05) is 0 Å². The maximum Gasteiger partial charge on any atom is 0.427 e. The summed E-state index contributed by atoms with van der Waals surface area (Å²) in [5, 5.41) is 4.79. The first-order chi connectivity index (χ1) is 17.0. The number of halogens is 4. The van der Waals surface area contributed by atoms with Gasteiger partial charge in [0.25, 0.3) is 10.0 Å². The lowest BCUT2D eigenvalue weighted by atomic mass is 10.1. The molecule has 0 aromatic heterocycles. The highest BCUT2D eigenvalue weighted by atomic mass is 32.2. The number of fused-ring (bicyclic) bond motifs is 1. The van der Waals surface area contributed by atoms with Gasteiger partial charge in [0.05, 0.1) is 23.2 Å². The Kier molecular flexibility index (Phi) is 7.63. The number of anilines is 2. The van der Waals surface area contributed by atoms with Crippen molar-refractivity contribution >= 4 is 33.4 Å². The molecule has 0 saturated carbocycles. The van der Waals surface area contributed by atoms with Crippen molar-refractivity contribution in [3.8, 4) is 5.75 Å². The van der Waals surface area contributed by atoms with Gasteiger partial charge in [0.2, 0.25) is 11.5 Å². The molecule has 1 aliphatic rings. The van der Waals surface area contributed by atoms with E-state index in [9.17, 15) is 35.6 Å². The highest BCUT2D eigenvalue weighted by Crippen LogP contribution is 2.40. The van der Waals surface area contributed by atoms with Gasteiger partial charge in [-0.3, -0.25) is 14.4 Å². The predicted molar refractivity (Wildman–Crippen MR) is 125 cm³/mol. The molecule has 2 N–H and O–H groups in total. The fourth-order valence-electron chi connectivity index (χ4n) is 3.42. The summed E-state index contributed by atoms with van der Waals surface area (Å²) < 4.78 is 91.0. The minimum Gasteiger partial charge on any atom is -0.484 e. The molecule has 0 fully saturated rings. The van der Waals surface area contributed by atoms with Crippen molar-refractivity contribution in [1.82, 2.24) is 5.32 Å². The molecule has 0 aliphatic carbocycles. The van der Waals surface area contributed by atoms with E-state index in [4.69, 9.17) is 4.74 Å². The number of amides is 2. The van der Waals surface area contributed by atoms with Crippen LogP contribution in [0.3, 0.4) is 0 Å². The standard InChI is InChI=1S/C23H25F4N3O6S/c1-13(28-14(2)31)20-12-30(37(33,34)17-8-5-15(24)6-9-17)18-11-16(7-10-19(18)35-20)29-21(32)36-22(3,4)23(25,26)27/h5-11,13,20H,12H2,1-4H3,(H,28,31)(H,29,32)/t13-,20+/m1/s1. The number of rotatable bonds is 6. The quantitative estimate of drug-likeness (QED) is 0.525. The summed E-state index contributed by atoms with van der Waals surface area (Å²) >= 11 is 0. The molecule has 0 unspecified atom stereocenters. The zero-order valence-electron chi connectivity index (χ0n) is 20.2. The second-order valence-corrected chi connectivity index (χ2v) is 10.7. The number of alkyl halides is 3. The summed E-state index contributed by atoms with van der Waals surface area (Å²) in [4.78, 5) is 23.4. The van der Waals surface area contributed by atoms with Crippen molar-refractivity contribution in [2.75, 3.05) is 16.2 Å². The molecule has 2 atom stereocenters. The monoisotopic (exact) mass is 547 g/mol. The number of carbonyl (C=O) groups excluding carboxylic acids is 2. The van der Waals surface area contributed by atoms with E-state index in [1.54, 1.807) is 6.92 Å². The molecule has 0 bridgehead atoms. The van der Waals surface area contributed by atoms with Gasteiger partial charge in [0.1, 0.15) is 17.7 Å². The summed E-state index contributed by atoms with van der Waals surface area (Å²) in [6.45, 7) is 4.00. The fraction of sp³-hybridized carbons (Fsp3) is 0.391. The van der Waals surface area contributed by atoms with Crippen LogP contribution in [0.5, 0.6) is 5.75 Å². The van der Waals surface area contributed by atoms with Gasteiger partial charge in [0, 0.05) is 12.6 Å². The molecule has 0 saturated heterocycles. The summed E-state index contributed by atoms with van der Waals surface area (Å²) in [5.74, 6) is -0.950. The second-order valence-electron chi connectivity index (χ2n) is 8.84. The molecule has 1 aliphatic heterocycles. The van der Waals surface area contributed by atoms with Crippen LogP contribution in [0.25, 0.3) is 0 Å². The second kappa shape index (κ2) is 10.1. The van der Waals surface area contributed by atoms with E-state index in [0.717, 1.165) is 28.6 Å². The van der Waals surface area contributed by atoms with E-state index in [2.05, 4.69) is 15.4 Å². The number of sulfonamides is 1. The van der Waals surface area contributed by atoms with Crippen LogP contribution in [0, 0.1) is 5.82 Å². The lowest BCUT2D eigenvalue weighted by Crippen LogP contribution is -2.52. The van der Waals surface area contributed by atoms with Crippen LogP contribution >= 0.6 is 0 Å². The summed E-state index contributed by atoms with van der Waals surface area (Å²) in [5.41, 5.74) is -2.89. The van der Waals surface area contributed by atoms with Gasteiger partial charge < -0.3 is 14.8 Å². The number of nitrogens with one attached hydrogen (secondary N) is 2. The molecule has 0 radical (unpaired) electrons. The molecule has 14 heteroatoms. The van der Waals surface area contributed by atoms with Crippen molar-refractivity contribution in [1.29, 1.82) is 0 Å². The number of ether oxygens (including phenoxy) is 2. The molecule has 9 nitrogen and oxygen atoms in total. The zero-order chi connectivity index (χ0) is 27.8. The van der Waals surface area contributed by atoms with E-state index in [1.165, 1.54) is 25.1 Å². The fourth-order valence-corrected chi connectivity index (χ4v) is 4.90. The molecular weight excluding hydrogens is 522 g/mol. The SMILES string of the molecule is CC(=O)N[C@H](C)[C@@H]1CN(S(=O)(=O)c2ccc(F)cc2)c2cc(NC(=O)OC(C)(C)C(F)(F)F)ccc2O1. The Labute approximate surface area is 210 Å². The average molecular weight is 548 g/mol. The van der Waals surface area contributed by atoms with Crippen LogP contribution in [-0.4, -0.2) is 50.9 Å². The average Bonchev–Trinajstić information content (AvgIpc) is 2.77. The largest absolute Gasteiger partial charge is 0.484 e. The van der Waals surface area contributed by atoms with Crippen LogP contribution < -0.4 is 19.7 Å². The first-order valence-corrected chi connectivity index (χ1v) is 12.4. The topological polar surface area (TPSA) is 114 Å².